The molecule has 120 valence electrons. The lowest BCUT2D eigenvalue weighted by Gasteiger charge is -2.18. The molecule has 1 aromatic rings. The van der Waals surface area contributed by atoms with Crippen molar-refractivity contribution in [3.63, 3.8) is 0 Å². The maximum Gasteiger partial charge on any atom is 0.332 e. The first-order chi connectivity index (χ1) is 10.4. The quantitative estimate of drug-likeness (QED) is 0.860. The van der Waals surface area contributed by atoms with Crippen molar-refractivity contribution in [1.82, 2.24) is 5.32 Å². The summed E-state index contributed by atoms with van der Waals surface area (Å²) in [6.45, 7) is 1.85. The fraction of sp³-hybridized carbons (Fsp3) is 0.467. The molecule has 0 radical (unpaired) electrons. The second-order valence-corrected chi connectivity index (χ2v) is 6.22. The average Bonchev–Trinajstić information content (AvgIpc) is 2.92. The molecule has 0 saturated carbocycles. The number of nitrogens with one attached hydrogen (secondary N) is 1. The summed E-state index contributed by atoms with van der Waals surface area (Å²) in [7, 11) is 0. The highest BCUT2D eigenvalue weighted by molar-refractivity contribution is 6.35. The van der Waals surface area contributed by atoms with Gasteiger partial charge in [0.15, 0.2) is 6.10 Å². The van der Waals surface area contributed by atoms with Crippen molar-refractivity contribution in [2.24, 2.45) is 0 Å². The van der Waals surface area contributed by atoms with Crippen LogP contribution in [0.2, 0.25) is 10.0 Å². The van der Waals surface area contributed by atoms with Crippen molar-refractivity contribution in [2.75, 3.05) is 0 Å². The van der Waals surface area contributed by atoms with Crippen molar-refractivity contribution in [2.45, 2.75) is 44.4 Å². The van der Waals surface area contributed by atoms with Crippen molar-refractivity contribution in [3.8, 4) is 0 Å². The minimum absolute atomic E-state index is 0.154. The van der Waals surface area contributed by atoms with E-state index < -0.39 is 18.2 Å². The second-order valence-electron chi connectivity index (χ2n) is 5.38. The summed E-state index contributed by atoms with van der Waals surface area (Å²) in [4.78, 5) is 22.9. The molecule has 0 aliphatic carbocycles. The van der Waals surface area contributed by atoms with Crippen LogP contribution in [0.4, 0.5) is 0 Å². The molecule has 1 amide bonds. The zero-order chi connectivity index (χ0) is 16.3. The van der Waals surface area contributed by atoms with E-state index in [4.69, 9.17) is 33.0 Å². The first-order valence-corrected chi connectivity index (χ1v) is 7.75. The molecule has 1 unspecified atom stereocenters. The molecule has 1 aliphatic rings. The summed E-state index contributed by atoms with van der Waals surface area (Å²) >= 11 is 11.9. The summed E-state index contributed by atoms with van der Waals surface area (Å²) < 4.78 is 5.22. The fourth-order valence-corrected chi connectivity index (χ4v) is 2.90. The summed E-state index contributed by atoms with van der Waals surface area (Å²) in [5.74, 6) is -1.32. The molecule has 1 fully saturated rings. The van der Waals surface area contributed by atoms with E-state index in [1.807, 2.05) is 13.0 Å². The van der Waals surface area contributed by atoms with Gasteiger partial charge < -0.3 is 15.2 Å². The molecule has 0 bridgehead atoms. The van der Waals surface area contributed by atoms with E-state index in [1.165, 1.54) is 0 Å². The van der Waals surface area contributed by atoms with E-state index in [0.717, 1.165) is 5.56 Å². The first kappa shape index (κ1) is 17.1. The molecule has 2 N–H and O–H groups in total. The van der Waals surface area contributed by atoms with Crippen molar-refractivity contribution in [3.05, 3.63) is 33.8 Å². The maximum absolute atomic E-state index is 12.1. The Morgan fingerprint density at radius 3 is 2.64 bits per heavy atom. The Balaban J connectivity index is 1.88. The Morgan fingerprint density at radius 1 is 1.36 bits per heavy atom. The lowest BCUT2D eigenvalue weighted by molar-refractivity contribution is -0.151. The lowest BCUT2D eigenvalue weighted by atomic mass is 10.1. The minimum atomic E-state index is -1.03. The smallest absolute Gasteiger partial charge is 0.332 e. The molecule has 1 heterocycles. The minimum Gasteiger partial charge on any atom is -0.479 e. The third-order valence-corrected chi connectivity index (χ3v) is 4.10. The van der Waals surface area contributed by atoms with Crippen LogP contribution in [0.1, 0.15) is 25.3 Å². The standard InChI is InChI=1S/C15H17Cl2NO4/c1-8(6-9-2-3-10(16)7-11(9)17)18-14(19)12-4-5-13(22-12)15(20)21/h2-3,7-8,12-13H,4-6H2,1H3,(H,18,19)(H,20,21)/t8?,12-,13+/m0/s1. The normalized spacial score (nSPS) is 22.3. The van der Waals surface area contributed by atoms with Crippen LogP contribution in [0.5, 0.6) is 0 Å². The monoisotopic (exact) mass is 345 g/mol. The predicted octanol–water partition coefficient (Wildman–Crippen LogP) is 2.67. The Hall–Kier alpha value is -1.30. The number of benzene rings is 1. The largest absolute Gasteiger partial charge is 0.479 e. The second kappa shape index (κ2) is 7.31. The number of carbonyl (C=O) groups is 2. The van der Waals surface area contributed by atoms with Gasteiger partial charge in [-0.25, -0.2) is 4.79 Å². The Bertz CT molecular complexity index is 579. The molecule has 3 atom stereocenters. The molecule has 1 aliphatic heterocycles. The van der Waals surface area contributed by atoms with Gasteiger partial charge in [0.2, 0.25) is 5.91 Å². The van der Waals surface area contributed by atoms with Gasteiger partial charge in [-0.15, -0.1) is 0 Å². The van der Waals surface area contributed by atoms with Gasteiger partial charge in [0.25, 0.3) is 0 Å². The number of hydrogen-bond acceptors (Lipinski definition) is 3. The van der Waals surface area contributed by atoms with Gasteiger partial charge in [-0.2, -0.15) is 0 Å². The molecule has 1 saturated heterocycles. The molecule has 7 heteroatoms. The van der Waals surface area contributed by atoms with Crippen LogP contribution >= 0.6 is 23.2 Å². The number of hydrogen-bond donors (Lipinski definition) is 2. The van der Waals surface area contributed by atoms with Gasteiger partial charge in [0.05, 0.1) is 0 Å². The zero-order valence-corrected chi connectivity index (χ0v) is 13.5. The SMILES string of the molecule is CC(Cc1ccc(Cl)cc1Cl)NC(=O)[C@@H]1CC[C@H](C(=O)O)O1. The van der Waals surface area contributed by atoms with E-state index in [2.05, 4.69) is 5.32 Å². The topological polar surface area (TPSA) is 75.6 Å². The van der Waals surface area contributed by atoms with Gasteiger partial charge in [0.1, 0.15) is 6.10 Å². The third kappa shape index (κ3) is 4.35. The Kier molecular flexibility index (Phi) is 5.67. The van der Waals surface area contributed by atoms with Crippen LogP contribution < -0.4 is 5.32 Å². The average molecular weight is 346 g/mol. The summed E-state index contributed by atoms with van der Waals surface area (Å²) in [6.07, 6.45) is -0.278. The Labute approximate surface area is 138 Å². The van der Waals surface area contributed by atoms with Crippen LogP contribution in [0.3, 0.4) is 0 Å². The molecule has 22 heavy (non-hydrogen) atoms. The van der Waals surface area contributed by atoms with E-state index in [9.17, 15) is 9.59 Å². The molecule has 0 aromatic heterocycles. The van der Waals surface area contributed by atoms with E-state index in [-0.39, 0.29) is 11.9 Å². The number of aliphatic carboxylic acids is 1. The molecule has 2 rings (SSSR count). The van der Waals surface area contributed by atoms with E-state index >= 15 is 0 Å². The highest BCUT2D eigenvalue weighted by Gasteiger charge is 2.35. The zero-order valence-electron chi connectivity index (χ0n) is 12.0. The number of carbonyl (C=O) groups excluding carboxylic acids is 1. The van der Waals surface area contributed by atoms with Crippen LogP contribution in [-0.2, 0) is 20.7 Å². The summed E-state index contributed by atoms with van der Waals surface area (Å²) in [5, 5.41) is 12.8. The molecule has 5 nitrogen and oxygen atoms in total. The molecular weight excluding hydrogens is 329 g/mol. The van der Waals surface area contributed by atoms with Crippen molar-refractivity contribution in [1.29, 1.82) is 0 Å². The van der Waals surface area contributed by atoms with Crippen molar-refractivity contribution >= 4 is 35.1 Å². The number of amides is 1. The summed E-state index contributed by atoms with van der Waals surface area (Å²) in [5.41, 5.74) is 0.884. The lowest BCUT2D eigenvalue weighted by Crippen LogP contribution is -2.41. The number of halogens is 2. The van der Waals surface area contributed by atoms with Gasteiger partial charge in [-0.1, -0.05) is 29.3 Å². The number of rotatable bonds is 5. The van der Waals surface area contributed by atoms with Gasteiger partial charge in [0, 0.05) is 16.1 Å². The first-order valence-electron chi connectivity index (χ1n) is 6.99. The Morgan fingerprint density at radius 2 is 2.05 bits per heavy atom. The van der Waals surface area contributed by atoms with Gasteiger partial charge in [-0.3, -0.25) is 4.79 Å². The van der Waals surface area contributed by atoms with Gasteiger partial charge >= 0.3 is 5.97 Å². The fourth-order valence-electron chi connectivity index (χ4n) is 2.42. The van der Waals surface area contributed by atoms with Gasteiger partial charge in [-0.05, 0) is 43.9 Å². The molecular formula is C15H17Cl2NO4. The number of carboxylic acids is 1. The molecule has 0 spiro atoms. The molecule has 1 aromatic carbocycles. The van der Waals surface area contributed by atoms with Crippen LogP contribution in [0, 0.1) is 0 Å². The summed E-state index contributed by atoms with van der Waals surface area (Å²) in [6, 6.07) is 5.07. The maximum atomic E-state index is 12.1. The van der Waals surface area contributed by atoms with Crippen LogP contribution in [-0.4, -0.2) is 35.2 Å². The van der Waals surface area contributed by atoms with Crippen LogP contribution in [0.15, 0.2) is 18.2 Å². The highest BCUT2D eigenvalue weighted by atomic mass is 35.5. The van der Waals surface area contributed by atoms with E-state index in [0.29, 0.717) is 29.3 Å². The van der Waals surface area contributed by atoms with E-state index in [1.54, 1.807) is 12.1 Å². The van der Waals surface area contributed by atoms with Crippen molar-refractivity contribution < 1.29 is 19.4 Å². The predicted molar refractivity (Wildman–Crippen MR) is 83.3 cm³/mol. The third-order valence-electron chi connectivity index (χ3n) is 3.52. The van der Waals surface area contributed by atoms with Crippen LogP contribution in [0.25, 0.3) is 0 Å². The highest BCUT2D eigenvalue weighted by Crippen LogP contribution is 2.23. The number of carboxylic acid groups (broad SMARTS) is 1. The number of ether oxygens (including phenoxy) is 1.